The van der Waals surface area contributed by atoms with Gasteiger partial charge in [0.05, 0.1) is 17.5 Å². The first-order valence-electron chi connectivity index (χ1n) is 4.16. The predicted molar refractivity (Wildman–Crippen MR) is 56.9 cm³/mol. The number of benzene rings is 1. The zero-order chi connectivity index (χ0) is 11.3. The van der Waals surface area contributed by atoms with Gasteiger partial charge in [-0.3, -0.25) is 4.79 Å². The van der Waals surface area contributed by atoms with Crippen molar-refractivity contribution in [1.29, 1.82) is 5.26 Å². The summed E-state index contributed by atoms with van der Waals surface area (Å²) < 4.78 is 4.92. The van der Waals surface area contributed by atoms with E-state index >= 15 is 0 Å². The van der Waals surface area contributed by atoms with Crippen LogP contribution in [-0.2, 0) is 4.79 Å². The molecular weight excluding hydrogens is 237 g/mol. The first kappa shape index (κ1) is 11.8. The molecule has 0 aliphatic carbocycles. The van der Waals surface area contributed by atoms with E-state index in [2.05, 4.69) is 0 Å². The summed E-state index contributed by atoms with van der Waals surface area (Å²) in [6.07, 6.45) is 0.180. The van der Waals surface area contributed by atoms with Crippen LogP contribution in [0.25, 0.3) is 0 Å². The molecular formula is C10H7Cl2NO2. The van der Waals surface area contributed by atoms with Crippen LogP contribution in [0.15, 0.2) is 18.2 Å². The Hall–Kier alpha value is -1.24. The first-order chi connectivity index (χ1) is 7.13. The molecule has 0 fully saturated rings. The molecule has 0 aliphatic rings. The molecule has 0 N–H and O–H groups in total. The van der Waals surface area contributed by atoms with Gasteiger partial charge in [-0.2, -0.15) is 5.26 Å². The van der Waals surface area contributed by atoms with Crippen LogP contribution < -0.4 is 4.74 Å². The Morgan fingerprint density at radius 3 is 2.80 bits per heavy atom. The Morgan fingerprint density at radius 1 is 1.47 bits per heavy atom. The van der Waals surface area contributed by atoms with Gasteiger partial charge in [-0.15, -0.1) is 0 Å². The Kier molecular flexibility index (Phi) is 4.41. The van der Waals surface area contributed by atoms with Crippen molar-refractivity contribution < 1.29 is 9.53 Å². The molecule has 1 rings (SSSR count). The Labute approximate surface area is 97.2 Å². The molecule has 1 aromatic carbocycles. The summed E-state index contributed by atoms with van der Waals surface area (Å²) in [5.74, 6) is -0.232. The molecule has 0 aliphatic heterocycles. The van der Waals surface area contributed by atoms with E-state index in [-0.39, 0.29) is 23.6 Å². The number of rotatable bonds is 3. The minimum Gasteiger partial charge on any atom is -0.425 e. The highest BCUT2D eigenvalue weighted by molar-refractivity contribution is 6.35. The molecule has 15 heavy (non-hydrogen) atoms. The molecule has 0 atom stereocenters. The maximum absolute atomic E-state index is 11.1. The molecule has 78 valence electrons. The second kappa shape index (κ2) is 5.59. The number of hydrogen-bond acceptors (Lipinski definition) is 3. The smallest absolute Gasteiger partial charge is 0.312 e. The van der Waals surface area contributed by atoms with E-state index in [1.165, 1.54) is 12.1 Å². The third-order valence-corrected chi connectivity index (χ3v) is 2.09. The number of nitriles is 1. The number of hydrogen-bond donors (Lipinski definition) is 0. The van der Waals surface area contributed by atoms with Crippen molar-refractivity contribution >= 4 is 29.2 Å². The zero-order valence-electron chi connectivity index (χ0n) is 7.67. The fraction of sp³-hybridized carbons (Fsp3) is 0.200. The van der Waals surface area contributed by atoms with Gasteiger partial charge < -0.3 is 4.74 Å². The molecule has 0 heterocycles. The maximum Gasteiger partial charge on any atom is 0.312 e. The summed E-state index contributed by atoms with van der Waals surface area (Å²) in [6, 6.07) is 6.41. The van der Waals surface area contributed by atoms with E-state index < -0.39 is 5.97 Å². The number of ether oxygens (including phenoxy) is 1. The average molecular weight is 244 g/mol. The van der Waals surface area contributed by atoms with Gasteiger partial charge in [0, 0.05) is 11.4 Å². The third kappa shape index (κ3) is 3.78. The lowest BCUT2D eigenvalue weighted by atomic mass is 10.3. The van der Waals surface area contributed by atoms with Crippen LogP contribution in [0, 0.1) is 11.3 Å². The summed E-state index contributed by atoms with van der Waals surface area (Å²) in [5, 5.41) is 9.01. The normalized spacial score (nSPS) is 9.40. The third-order valence-electron chi connectivity index (χ3n) is 1.56. The second-order valence-electron chi connectivity index (χ2n) is 2.71. The first-order valence-corrected chi connectivity index (χ1v) is 4.92. The summed E-state index contributed by atoms with van der Waals surface area (Å²) in [4.78, 5) is 11.1. The summed E-state index contributed by atoms with van der Waals surface area (Å²) in [6.45, 7) is 0. The molecule has 0 amide bonds. The fourth-order valence-corrected chi connectivity index (χ4v) is 1.34. The van der Waals surface area contributed by atoms with Gasteiger partial charge in [-0.05, 0) is 18.2 Å². The van der Waals surface area contributed by atoms with Crippen molar-refractivity contribution in [1.82, 2.24) is 0 Å². The topological polar surface area (TPSA) is 50.1 Å². The molecule has 0 aromatic heterocycles. The van der Waals surface area contributed by atoms with Crippen LogP contribution >= 0.6 is 23.2 Å². The average Bonchev–Trinajstić information content (AvgIpc) is 2.19. The van der Waals surface area contributed by atoms with E-state index in [1.54, 1.807) is 6.07 Å². The molecule has 0 saturated heterocycles. The number of carbonyl (C=O) groups is 1. The summed E-state index contributed by atoms with van der Waals surface area (Å²) in [5.41, 5.74) is 0. The molecule has 1 aromatic rings. The van der Waals surface area contributed by atoms with Crippen molar-refractivity contribution in [2.45, 2.75) is 12.8 Å². The van der Waals surface area contributed by atoms with Crippen molar-refractivity contribution in [3.63, 3.8) is 0 Å². The number of halogens is 2. The van der Waals surface area contributed by atoms with Crippen LogP contribution in [0.5, 0.6) is 5.75 Å². The minimum absolute atomic E-state index is 0.0510. The van der Waals surface area contributed by atoms with Crippen LogP contribution in [0.3, 0.4) is 0 Å². The minimum atomic E-state index is -0.485. The van der Waals surface area contributed by atoms with Gasteiger partial charge in [0.15, 0.2) is 0 Å². The highest BCUT2D eigenvalue weighted by Crippen LogP contribution is 2.27. The van der Waals surface area contributed by atoms with Crippen LogP contribution in [0.2, 0.25) is 10.0 Å². The largest absolute Gasteiger partial charge is 0.425 e. The monoisotopic (exact) mass is 243 g/mol. The van der Waals surface area contributed by atoms with E-state index in [0.717, 1.165) is 0 Å². The predicted octanol–water partition coefficient (Wildman–Crippen LogP) is 3.20. The molecule has 5 heteroatoms. The van der Waals surface area contributed by atoms with Crippen molar-refractivity contribution in [2.24, 2.45) is 0 Å². The van der Waals surface area contributed by atoms with E-state index in [1.807, 2.05) is 6.07 Å². The van der Waals surface area contributed by atoms with Crippen molar-refractivity contribution in [3.05, 3.63) is 28.2 Å². The van der Waals surface area contributed by atoms with Gasteiger partial charge in [0.2, 0.25) is 0 Å². The van der Waals surface area contributed by atoms with E-state index in [4.69, 9.17) is 33.2 Å². The van der Waals surface area contributed by atoms with Gasteiger partial charge in [-0.25, -0.2) is 0 Å². The lowest BCUT2D eigenvalue weighted by Crippen LogP contribution is -2.07. The van der Waals surface area contributed by atoms with Gasteiger partial charge in [0.1, 0.15) is 5.75 Å². The van der Waals surface area contributed by atoms with E-state index in [0.29, 0.717) is 5.02 Å². The molecule has 0 unspecified atom stereocenters. The quantitative estimate of drug-likeness (QED) is 0.605. The lowest BCUT2D eigenvalue weighted by Gasteiger charge is -2.04. The lowest BCUT2D eigenvalue weighted by molar-refractivity contribution is -0.134. The standard InChI is InChI=1S/C10H7Cl2NO2/c11-7-3-4-9(8(12)6-7)15-10(14)2-1-5-13/h3-4,6H,1-2H2. The Balaban J connectivity index is 2.65. The molecule has 0 saturated carbocycles. The van der Waals surface area contributed by atoms with Gasteiger partial charge >= 0.3 is 5.97 Å². The van der Waals surface area contributed by atoms with Crippen molar-refractivity contribution in [3.8, 4) is 11.8 Å². The number of esters is 1. The second-order valence-corrected chi connectivity index (χ2v) is 3.55. The van der Waals surface area contributed by atoms with Crippen molar-refractivity contribution in [2.75, 3.05) is 0 Å². The number of nitrogens with zero attached hydrogens (tertiary/aromatic N) is 1. The maximum atomic E-state index is 11.1. The molecule has 0 radical (unpaired) electrons. The van der Waals surface area contributed by atoms with Crippen LogP contribution in [-0.4, -0.2) is 5.97 Å². The van der Waals surface area contributed by atoms with Gasteiger partial charge in [0.25, 0.3) is 0 Å². The number of carbonyl (C=O) groups excluding carboxylic acids is 1. The molecule has 3 nitrogen and oxygen atoms in total. The molecule has 0 bridgehead atoms. The molecule has 0 spiro atoms. The van der Waals surface area contributed by atoms with Gasteiger partial charge in [-0.1, -0.05) is 23.2 Å². The fourth-order valence-electron chi connectivity index (χ4n) is 0.890. The zero-order valence-corrected chi connectivity index (χ0v) is 9.18. The SMILES string of the molecule is N#CCCC(=O)Oc1ccc(Cl)cc1Cl. The Bertz CT molecular complexity index is 412. The highest BCUT2D eigenvalue weighted by atomic mass is 35.5. The van der Waals surface area contributed by atoms with Crippen LogP contribution in [0.4, 0.5) is 0 Å². The highest BCUT2D eigenvalue weighted by Gasteiger charge is 2.08. The summed E-state index contributed by atoms with van der Waals surface area (Å²) in [7, 11) is 0. The van der Waals surface area contributed by atoms with Crippen LogP contribution in [0.1, 0.15) is 12.8 Å². The van der Waals surface area contributed by atoms with E-state index in [9.17, 15) is 4.79 Å². The Morgan fingerprint density at radius 2 is 2.20 bits per heavy atom. The summed E-state index contributed by atoms with van der Waals surface area (Å²) >= 11 is 11.5.